The van der Waals surface area contributed by atoms with Gasteiger partial charge in [0.15, 0.2) is 0 Å². The lowest BCUT2D eigenvalue weighted by Gasteiger charge is -2.22. The zero-order valence-corrected chi connectivity index (χ0v) is 20.2. The maximum Gasteiger partial charge on any atom is 0.252 e. The molecule has 1 unspecified atom stereocenters. The number of sulfonamides is 1. The minimum atomic E-state index is -3.52. The number of aryl methyl sites for hydroxylation is 1. The summed E-state index contributed by atoms with van der Waals surface area (Å²) in [7, 11) is -3.52. The van der Waals surface area contributed by atoms with Crippen molar-refractivity contribution < 1.29 is 18.0 Å². The van der Waals surface area contributed by atoms with Crippen LogP contribution >= 0.6 is 0 Å². The minimum absolute atomic E-state index is 0.107. The summed E-state index contributed by atoms with van der Waals surface area (Å²) in [6.45, 7) is 10.2. The Morgan fingerprint density at radius 3 is 2.09 bits per heavy atom. The highest BCUT2D eigenvalue weighted by Crippen LogP contribution is 2.16. The molecule has 2 rings (SSSR count). The van der Waals surface area contributed by atoms with Crippen molar-refractivity contribution in [1.82, 2.24) is 14.9 Å². The van der Waals surface area contributed by atoms with Crippen LogP contribution in [0.1, 0.15) is 49.2 Å². The number of carbonyl (C=O) groups excluding carboxylic acids is 2. The largest absolute Gasteiger partial charge is 0.350 e. The summed E-state index contributed by atoms with van der Waals surface area (Å²) in [6.07, 6.45) is 0. The summed E-state index contributed by atoms with van der Waals surface area (Å²) in [5.74, 6) is -0.686. The molecule has 0 fully saturated rings. The average Bonchev–Trinajstić information content (AvgIpc) is 2.76. The lowest BCUT2D eigenvalue weighted by molar-refractivity contribution is -0.124. The molecule has 7 nitrogen and oxygen atoms in total. The summed E-state index contributed by atoms with van der Waals surface area (Å²) in [6, 6.07) is 13.0. The predicted octanol–water partition coefficient (Wildman–Crippen LogP) is 3.10. The second kappa shape index (κ2) is 11.2. The van der Waals surface area contributed by atoms with E-state index in [1.54, 1.807) is 50.2 Å². The summed E-state index contributed by atoms with van der Waals surface area (Å²) in [5.41, 5.74) is 2.15. The van der Waals surface area contributed by atoms with E-state index in [2.05, 4.69) is 10.6 Å². The Balaban J connectivity index is 2.04. The normalized spacial score (nSPS) is 12.6. The van der Waals surface area contributed by atoms with Gasteiger partial charge in [-0.2, -0.15) is 4.31 Å². The first-order chi connectivity index (χ1) is 15.1. The van der Waals surface area contributed by atoms with E-state index in [1.165, 1.54) is 4.31 Å². The molecule has 32 heavy (non-hydrogen) atoms. The fourth-order valence-electron chi connectivity index (χ4n) is 3.37. The molecule has 2 N–H and O–H groups in total. The van der Waals surface area contributed by atoms with Gasteiger partial charge in [0.25, 0.3) is 5.91 Å². The Kier molecular flexibility index (Phi) is 8.98. The highest BCUT2D eigenvalue weighted by molar-refractivity contribution is 7.89. The molecule has 0 spiro atoms. The van der Waals surface area contributed by atoms with Crippen molar-refractivity contribution in [2.75, 3.05) is 13.1 Å². The second-order valence-corrected chi connectivity index (χ2v) is 9.90. The molecule has 2 aromatic rings. The number of hydrogen-bond acceptors (Lipinski definition) is 4. The molecule has 2 aromatic carbocycles. The first-order valence-electron chi connectivity index (χ1n) is 10.8. The van der Waals surface area contributed by atoms with Crippen LogP contribution in [0.3, 0.4) is 0 Å². The first kappa shape index (κ1) is 25.5. The van der Waals surface area contributed by atoms with E-state index in [0.29, 0.717) is 18.7 Å². The van der Waals surface area contributed by atoms with Crippen LogP contribution in [-0.2, 0) is 21.4 Å². The minimum Gasteiger partial charge on any atom is -0.350 e. The second-order valence-electron chi connectivity index (χ2n) is 7.96. The molecule has 0 aliphatic carbocycles. The molecular formula is C24H33N3O4S. The van der Waals surface area contributed by atoms with Gasteiger partial charge in [-0.05, 0) is 42.2 Å². The van der Waals surface area contributed by atoms with Crippen molar-refractivity contribution in [3.63, 3.8) is 0 Å². The van der Waals surface area contributed by atoms with Crippen LogP contribution in [0.25, 0.3) is 0 Å². The number of carbonyl (C=O) groups is 2. The molecule has 0 aromatic heterocycles. The van der Waals surface area contributed by atoms with Crippen molar-refractivity contribution in [2.24, 2.45) is 5.92 Å². The molecule has 0 radical (unpaired) electrons. The van der Waals surface area contributed by atoms with Gasteiger partial charge in [0.1, 0.15) is 6.04 Å². The van der Waals surface area contributed by atoms with Gasteiger partial charge in [0, 0.05) is 25.2 Å². The highest BCUT2D eigenvalue weighted by atomic mass is 32.2. The quantitative estimate of drug-likeness (QED) is 0.571. The van der Waals surface area contributed by atoms with Crippen LogP contribution in [0.2, 0.25) is 0 Å². The van der Waals surface area contributed by atoms with E-state index in [0.717, 1.165) is 11.1 Å². The van der Waals surface area contributed by atoms with Crippen molar-refractivity contribution in [2.45, 2.75) is 52.1 Å². The van der Waals surface area contributed by atoms with E-state index in [4.69, 9.17) is 0 Å². The van der Waals surface area contributed by atoms with Crippen molar-refractivity contribution in [3.05, 3.63) is 65.2 Å². The van der Waals surface area contributed by atoms with Gasteiger partial charge in [-0.1, -0.05) is 58.0 Å². The number of benzene rings is 2. The van der Waals surface area contributed by atoms with Crippen LogP contribution in [0, 0.1) is 12.8 Å². The SMILES string of the molecule is CCN(CC)S(=O)(=O)c1ccc(CNC(=O)C(NC(=O)c2ccccc2C)C(C)C)cc1. The van der Waals surface area contributed by atoms with Crippen LogP contribution in [0.4, 0.5) is 0 Å². The molecule has 2 amide bonds. The van der Waals surface area contributed by atoms with Gasteiger partial charge in [0.2, 0.25) is 15.9 Å². The van der Waals surface area contributed by atoms with E-state index in [9.17, 15) is 18.0 Å². The van der Waals surface area contributed by atoms with Gasteiger partial charge in [-0.3, -0.25) is 9.59 Å². The van der Waals surface area contributed by atoms with E-state index in [1.807, 2.05) is 32.9 Å². The third-order valence-electron chi connectivity index (χ3n) is 5.36. The Morgan fingerprint density at radius 2 is 1.56 bits per heavy atom. The monoisotopic (exact) mass is 459 g/mol. The standard InChI is InChI=1S/C24H33N3O4S/c1-6-27(7-2)32(30,31)20-14-12-19(13-15-20)16-25-24(29)22(17(3)4)26-23(28)21-11-9-8-10-18(21)5/h8-15,17,22H,6-7,16H2,1-5H3,(H,25,29)(H,26,28). The average molecular weight is 460 g/mol. The molecule has 174 valence electrons. The zero-order valence-electron chi connectivity index (χ0n) is 19.4. The van der Waals surface area contributed by atoms with E-state index in [-0.39, 0.29) is 29.2 Å². The molecule has 8 heteroatoms. The van der Waals surface area contributed by atoms with Crippen LogP contribution in [0.15, 0.2) is 53.4 Å². The number of amides is 2. The Hall–Kier alpha value is -2.71. The molecule has 0 heterocycles. The third kappa shape index (κ3) is 6.17. The highest BCUT2D eigenvalue weighted by Gasteiger charge is 2.25. The molecule has 0 aliphatic heterocycles. The van der Waals surface area contributed by atoms with Crippen LogP contribution in [0.5, 0.6) is 0 Å². The van der Waals surface area contributed by atoms with Gasteiger partial charge >= 0.3 is 0 Å². The lowest BCUT2D eigenvalue weighted by atomic mass is 10.0. The van der Waals surface area contributed by atoms with Crippen molar-refractivity contribution in [3.8, 4) is 0 Å². The van der Waals surface area contributed by atoms with Crippen molar-refractivity contribution in [1.29, 1.82) is 0 Å². The molecule has 0 saturated carbocycles. The predicted molar refractivity (Wildman–Crippen MR) is 126 cm³/mol. The summed E-state index contributed by atoms with van der Waals surface area (Å²) in [4.78, 5) is 25.6. The molecule has 0 aliphatic rings. The van der Waals surface area contributed by atoms with E-state index < -0.39 is 16.1 Å². The molecule has 0 saturated heterocycles. The smallest absolute Gasteiger partial charge is 0.252 e. The molecule has 1 atom stereocenters. The number of rotatable bonds is 10. The fraction of sp³-hybridized carbons (Fsp3) is 0.417. The zero-order chi connectivity index (χ0) is 23.9. The fourth-order valence-corrected chi connectivity index (χ4v) is 4.83. The Bertz CT molecular complexity index is 1030. The maximum atomic E-state index is 12.8. The lowest BCUT2D eigenvalue weighted by Crippen LogP contribution is -2.49. The number of nitrogens with one attached hydrogen (secondary N) is 2. The summed E-state index contributed by atoms with van der Waals surface area (Å²) in [5, 5.41) is 5.67. The first-order valence-corrected chi connectivity index (χ1v) is 12.3. The van der Waals surface area contributed by atoms with Gasteiger partial charge in [-0.25, -0.2) is 8.42 Å². The number of hydrogen-bond donors (Lipinski definition) is 2. The van der Waals surface area contributed by atoms with Gasteiger partial charge < -0.3 is 10.6 Å². The van der Waals surface area contributed by atoms with Crippen LogP contribution < -0.4 is 10.6 Å². The van der Waals surface area contributed by atoms with Gasteiger partial charge in [0.05, 0.1) is 4.90 Å². The Labute approximate surface area is 191 Å². The number of nitrogens with zero attached hydrogens (tertiary/aromatic N) is 1. The third-order valence-corrected chi connectivity index (χ3v) is 7.42. The summed E-state index contributed by atoms with van der Waals surface area (Å²) >= 11 is 0. The molecule has 0 bridgehead atoms. The van der Waals surface area contributed by atoms with Gasteiger partial charge in [-0.15, -0.1) is 0 Å². The van der Waals surface area contributed by atoms with Crippen LogP contribution in [-0.4, -0.2) is 43.7 Å². The molecular weight excluding hydrogens is 426 g/mol. The topological polar surface area (TPSA) is 95.6 Å². The van der Waals surface area contributed by atoms with E-state index >= 15 is 0 Å². The Morgan fingerprint density at radius 1 is 0.969 bits per heavy atom. The maximum absolute atomic E-state index is 12.8. The summed E-state index contributed by atoms with van der Waals surface area (Å²) < 4.78 is 26.6. The van der Waals surface area contributed by atoms with Crippen molar-refractivity contribution >= 4 is 21.8 Å².